The van der Waals surface area contributed by atoms with Crippen molar-refractivity contribution >= 4 is 11.9 Å². The molecule has 4 rings (SSSR count). The van der Waals surface area contributed by atoms with Gasteiger partial charge >= 0.3 is 18.1 Å². The van der Waals surface area contributed by atoms with Crippen LogP contribution in [0, 0.1) is 0 Å². The van der Waals surface area contributed by atoms with Crippen molar-refractivity contribution in [2.45, 2.75) is 37.6 Å². The standard InChI is InChI=1S/C23H21F3O7/c1-29-17-6-5-15(13-3-4-16-14(9-13)11-31-21(16)28)19(20(17)30-2)32-12-22(7-8-22)33-18(27)10-23(24,25)26/h3-6,9H,7-8,10-12H2,1-2H3. The van der Waals surface area contributed by atoms with Gasteiger partial charge in [0.1, 0.15) is 25.2 Å². The van der Waals surface area contributed by atoms with Crippen molar-refractivity contribution in [1.82, 2.24) is 0 Å². The van der Waals surface area contributed by atoms with Crippen LogP contribution in [0.4, 0.5) is 13.2 Å². The van der Waals surface area contributed by atoms with E-state index >= 15 is 0 Å². The summed E-state index contributed by atoms with van der Waals surface area (Å²) in [5.74, 6) is -0.795. The van der Waals surface area contributed by atoms with E-state index in [1.807, 2.05) is 0 Å². The number of esters is 2. The molecule has 2 aromatic carbocycles. The van der Waals surface area contributed by atoms with Gasteiger partial charge in [0.05, 0.1) is 19.8 Å². The number of hydrogen-bond donors (Lipinski definition) is 0. The highest BCUT2D eigenvalue weighted by atomic mass is 19.4. The highest BCUT2D eigenvalue weighted by Gasteiger charge is 2.49. The third kappa shape index (κ3) is 4.84. The molecule has 0 N–H and O–H groups in total. The zero-order valence-electron chi connectivity index (χ0n) is 17.9. The predicted molar refractivity (Wildman–Crippen MR) is 108 cm³/mol. The number of carbonyl (C=O) groups excluding carboxylic acids is 2. The van der Waals surface area contributed by atoms with Crippen molar-refractivity contribution in [3.63, 3.8) is 0 Å². The molecule has 33 heavy (non-hydrogen) atoms. The summed E-state index contributed by atoms with van der Waals surface area (Å²) in [5, 5.41) is 0. The molecule has 176 valence electrons. The van der Waals surface area contributed by atoms with Crippen molar-refractivity contribution in [3.05, 3.63) is 41.5 Å². The summed E-state index contributed by atoms with van der Waals surface area (Å²) in [7, 11) is 2.89. The van der Waals surface area contributed by atoms with E-state index in [0.717, 1.165) is 5.56 Å². The minimum Gasteiger partial charge on any atom is -0.493 e. The Morgan fingerprint density at radius 1 is 1.06 bits per heavy atom. The minimum absolute atomic E-state index is 0.153. The Balaban J connectivity index is 1.62. The number of fused-ring (bicyclic) bond motifs is 1. The molecule has 1 saturated carbocycles. The van der Waals surface area contributed by atoms with Crippen LogP contribution in [0.2, 0.25) is 0 Å². The van der Waals surface area contributed by atoms with Gasteiger partial charge < -0.3 is 23.7 Å². The first kappa shape index (κ1) is 22.8. The molecule has 0 radical (unpaired) electrons. The van der Waals surface area contributed by atoms with Gasteiger partial charge in [0.15, 0.2) is 11.5 Å². The van der Waals surface area contributed by atoms with Gasteiger partial charge in [-0.1, -0.05) is 6.07 Å². The van der Waals surface area contributed by atoms with E-state index in [4.69, 9.17) is 23.7 Å². The molecule has 1 fully saturated rings. The first-order chi connectivity index (χ1) is 15.6. The zero-order chi connectivity index (χ0) is 23.8. The van der Waals surface area contributed by atoms with Gasteiger partial charge in [-0.3, -0.25) is 4.79 Å². The van der Waals surface area contributed by atoms with Crippen LogP contribution in [0.5, 0.6) is 17.2 Å². The van der Waals surface area contributed by atoms with Gasteiger partial charge in [-0.15, -0.1) is 0 Å². The Labute approximate surface area is 187 Å². The van der Waals surface area contributed by atoms with Crippen LogP contribution in [0.15, 0.2) is 30.3 Å². The first-order valence-corrected chi connectivity index (χ1v) is 10.1. The number of methoxy groups -OCH3 is 2. The average molecular weight is 466 g/mol. The summed E-state index contributed by atoms with van der Waals surface area (Å²) in [6, 6.07) is 8.61. The van der Waals surface area contributed by atoms with Crippen molar-refractivity contribution in [1.29, 1.82) is 0 Å². The molecule has 0 saturated heterocycles. The van der Waals surface area contributed by atoms with Crippen LogP contribution < -0.4 is 14.2 Å². The lowest BCUT2D eigenvalue weighted by Gasteiger charge is -2.22. The fourth-order valence-electron chi connectivity index (χ4n) is 3.63. The minimum atomic E-state index is -4.64. The Bertz CT molecular complexity index is 1090. The van der Waals surface area contributed by atoms with Gasteiger partial charge in [-0.25, -0.2) is 4.79 Å². The van der Waals surface area contributed by atoms with Crippen LogP contribution in [0.25, 0.3) is 11.1 Å². The van der Waals surface area contributed by atoms with E-state index < -0.39 is 30.1 Å². The second-order valence-corrected chi connectivity index (χ2v) is 7.86. The van der Waals surface area contributed by atoms with Crippen LogP contribution in [-0.2, 0) is 20.9 Å². The van der Waals surface area contributed by atoms with Crippen LogP contribution >= 0.6 is 0 Å². The molecule has 2 aromatic rings. The Morgan fingerprint density at radius 2 is 1.79 bits per heavy atom. The third-order valence-corrected chi connectivity index (χ3v) is 5.46. The number of benzene rings is 2. The van der Waals surface area contributed by atoms with Gasteiger partial charge in [-0.2, -0.15) is 13.2 Å². The predicted octanol–water partition coefficient (Wildman–Crippen LogP) is 4.45. The molecule has 0 aromatic heterocycles. The number of hydrogen-bond acceptors (Lipinski definition) is 7. The number of rotatable bonds is 8. The summed E-state index contributed by atoms with van der Waals surface area (Å²) >= 11 is 0. The quantitative estimate of drug-likeness (QED) is 0.532. The molecular weight excluding hydrogens is 445 g/mol. The first-order valence-electron chi connectivity index (χ1n) is 10.1. The molecule has 0 atom stereocenters. The SMILES string of the molecule is COc1ccc(-c2ccc3c(c2)COC3=O)c(OCC2(OC(=O)CC(F)(F)F)CC2)c1OC. The summed E-state index contributed by atoms with van der Waals surface area (Å²) in [6.07, 6.45) is -5.53. The maximum atomic E-state index is 12.5. The van der Waals surface area contributed by atoms with Crippen molar-refractivity contribution in [3.8, 4) is 28.4 Å². The Kier molecular flexibility index (Phi) is 5.85. The number of halogens is 3. The molecule has 0 amide bonds. The molecule has 0 bridgehead atoms. The smallest absolute Gasteiger partial charge is 0.399 e. The van der Waals surface area contributed by atoms with Crippen LogP contribution in [0.3, 0.4) is 0 Å². The fraction of sp³-hybridized carbons (Fsp3) is 0.391. The van der Waals surface area contributed by atoms with E-state index in [0.29, 0.717) is 35.3 Å². The van der Waals surface area contributed by atoms with E-state index in [9.17, 15) is 22.8 Å². The molecule has 7 nitrogen and oxygen atoms in total. The third-order valence-electron chi connectivity index (χ3n) is 5.46. The monoisotopic (exact) mass is 466 g/mol. The second kappa shape index (κ2) is 8.49. The van der Waals surface area contributed by atoms with Gasteiger partial charge in [0, 0.05) is 11.1 Å². The topological polar surface area (TPSA) is 80.3 Å². The summed E-state index contributed by atoms with van der Waals surface area (Å²) < 4.78 is 64.5. The Hall–Kier alpha value is -3.43. The molecular formula is C23H21F3O7. The van der Waals surface area contributed by atoms with Crippen molar-refractivity contribution < 1.29 is 46.4 Å². The number of ether oxygens (including phenoxy) is 5. The van der Waals surface area contributed by atoms with E-state index in [1.165, 1.54) is 14.2 Å². The second-order valence-electron chi connectivity index (χ2n) is 7.86. The summed E-state index contributed by atoms with van der Waals surface area (Å²) in [6.45, 7) is 0.00339. The molecule has 10 heteroatoms. The number of alkyl halides is 3. The zero-order valence-corrected chi connectivity index (χ0v) is 17.9. The van der Waals surface area contributed by atoms with Crippen LogP contribution in [-0.4, -0.2) is 44.5 Å². The number of carbonyl (C=O) groups is 2. The molecule has 0 unspecified atom stereocenters. The number of cyclic esters (lactones) is 1. The highest BCUT2D eigenvalue weighted by molar-refractivity contribution is 5.94. The lowest BCUT2D eigenvalue weighted by Crippen LogP contribution is -2.29. The van der Waals surface area contributed by atoms with Crippen LogP contribution in [0.1, 0.15) is 35.2 Å². The van der Waals surface area contributed by atoms with Gasteiger partial charge in [0.2, 0.25) is 5.75 Å². The van der Waals surface area contributed by atoms with Crippen molar-refractivity contribution in [2.24, 2.45) is 0 Å². The van der Waals surface area contributed by atoms with Crippen molar-refractivity contribution in [2.75, 3.05) is 20.8 Å². The van der Waals surface area contributed by atoms with E-state index in [-0.39, 0.29) is 24.7 Å². The fourth-order valence-corrected chi connectivity index (χ4v) is 3.63. The molecule has 1 heterocycles. The lowest BCUT2D eigenvalue weighted by molar-refractivity contribution is -0.178. The highest BCUT2D eigenvalue weighted by Crippen LogP contribution is 2.47. The van der Waals surface area contributed by atoms with Gasteiger partial charge in [0.25, 0.3) is 0 Å². The lowest BCUT2D eigenvalue weighted by atomic mass is 9.99. The molecule has 2 aliphatic rings. The molecule has 1 aliphatic heterocycles. The maximum absolute atomic E-state index is 12.5. The molecule has 1 aliphatic carbocycles. The normalized spacial score (nSPS) is 16.0. The molecule has 0 spiro atoms. The largest absolute Gasteiger partial charge is 0.493 e. The average Bonchev–Trinajstić information content (AvgIpc) is 3.42. The van der Waals surface area contributed by atoms with Gasteiger partial charge in [-0.05, 0) is 42.7 Å². The summed E-state index contributed by atoms with van der Waals surface area (Å²) in [5.41, 5.74) is 1.40. The maximum Gasteiger partial charge on any atom is 0.399 e. The summed E-state index contributed by atoms with van der Waals surface area (Å²) in [4.78, 5) is 23.5. The van der Waals surface area contributed by atoms with E-state index in [1.54, 1.807) is 30.3 Å². The Morgan fingerprint density at radius 3 is 2.42 bits per heavy atom. The van der Waals surface area contributed by atoms with E-state index in [2.05, 4.69) is 0 Å².